The minimum atomic E-state index is -3.57. The Hall–Kier alpha value is -1.96. The summed E-state index contributed by atoms with van der Waals surface area (Å²) in [5, 5.41) is 7.93. The van der Waals surface area contributed by atoms with E-state index in [0.29, 0.717) is 22.0 Å². The van der Waals surface area contributed by atoms with Crippen molar-refractivity contribution in [3.05, 3.63) is 58.9 Å². The van der Waals surface area contributed by atoms with Crippen LogP contribution in [0.1, 0.15) is 15.9 Å². The summed E-state index contributed by atoms with van der Waals surface area (Å²) in [5.41, 5.74) is 1.45. The summed E-state index contributed by atoms with van der Waals surface area (Å²) in [7, 11) is -3.57. The van der Waals surface area contributed by atoms with Crippen LogP contribution in [-0.2, 0) is 15.8 Å². The summed E-state index contributed by atoms with van der Waals surface area (Å²) >= 11 is 5.64. The number of halogens is 1. The van der Waals surface area contributed by atoms with Crippen molar-refractivity contribution >= 4 is 33.2 Å². The molecule has 0 bridgehead atoms. The monoisotopic (exact) mass is 325 g/mol. The molecule has 0 saturated carbocycles. The highest BCUT2D eigenvalue weighted by Gasteiger charge is 2.08. The lowest BCUT2D eigenvalue weighted by Crippen LogP contribution is -2.15. The predicted octanol–water partition coefficient (Wildman–Crippen LogP) is 1.78. The maximum atomic E-state index is 11.9. The summed E-state index contributed by atoms with van der Waals surface area (Å²) in [6.45, 7) is 0. The first kappa shape index (κ1) is 15.4. The number of nitrogens with two attached hydrogens (primary N) is 1. The lowest BCUT2D eigenvalue weighted by Gasteiger charge is -2.06. The van der Waals surface area contributed by atoms with Crippen molar-refractivity contribution in [2.75, 3.05) is 5.32 Å². The van der Waals surface area contributed by atoms with Crippen LogP contribution in [-0.4, -0.2) is 19.3 Å². The van der Waals surface area contributed by atoms with E-state index in [9.17, 15) is 13.2 Å². The van der Waals surface area contributed by atoms with Crippen LogP contribution < -0.4 is 10.5 Å². The molecule has 110 valence electrons. The second-order valence-corrected chi connectivity index (χ2v) is 6.33. The maximum absolute atomic E-state index is 11.9. The van der Waals surface area contributed by atoms with Crippen LogP contribution in [0.2, 0.25) is 5.15 Å². The van der Waals surface area contributed by atoms with E-state index in [1.165, 1.54) is 12.3 Å². The molecule has 0 saturated heterocycles. The van der Waals surface area contributed by atoms with E-state index in [2.05, 4.69) is 10.3 Å². The number of anilines is 1. The first-order valence-corrected chi connectivity index (χ1v) is 7.95. The van der Waals surface area contributed by atoms with Crippen LogP contribution in [0.3, 0.4) is 0 Å². The maximum Gasteiger partial charge on any atom is 0.257 e. The fourth-order valence-corrected chi connectivity index (χ4v) is 2.40. The zero-order valence-corrected chi connectivity index (χ0v) is 12.4. The smallest absolute Gasteiger partial charge is 0.257 e. The van der Waals surface area contributed by atoms with Crippen LogP contribution in [0.15, 0.2) is 42.6 Å². The van der Waals surface area contributed by atoms with Gasteiger partial charge in [0.15, 0.2) is 0 Å². The number of hydrogen-bond acceptors (Lipinski definition) is 4. The zero-order chi connectivity index (χ0) is 15.5. The molecular weight excluding hydrogens is 314 g/mol. The third-order valence-corrected chi connectivity index (χ3v) is 3.53. The molecule has 0 aliphatic heterocycles. The van der Waals surface area contributed by atoms with Gasteiger partial charge in [0.1, 0.15) is 5.15 Å². The molecule has 1 aromatic carbocycles. The van der Waals surface area contributed by atoms with Crippen LogP contribution in [0.4, 0.5) is 5.69 Å². The Morgan fingerprint density at radius 2 is 1.86 bits per heavy atom. The molecule has 21 heavy (non-hydrogen) atoms. The highest BCUT2D eigenvalue weighted by atomic mass is 35.5. The number of carbonyl (C=O) groups excluding carboxylic acids is 1. The number of nitrogens with one attached hydrogen (secondary N) is 1. The minimum Gasteiger partial charge on any atom is -0.322 e. The van der Waals surface area contributed by atoms with Gasteiger partial charge in [-0.25, -0.2) is 18.5 Å². The van der Waals surface area contributed by atoms with Gasteiger partial charge in [0.05, 0.1) is 11.3 Å². The molecule has 8 heteroatoms. The summed E-state index contributed by atoms with van der Waals surface area (Å²) in [4.78, 5) is 15.7. The quantitative estimate of drug-likeness (QED) is 0.836. The van der Waals surface area contributed by atoms with Crippen LogP contribution in [0.5, 0.6) is 0 Å². The van der Waals surface area contributed by atoms with Gasteiger partial charge in [0.2, 0.25) is 10.0 Å². The fraction of sp³-hybridized carbons (Fsp3) is 0.0769. The third-order valence-electron chi connectivity index (χ3n) is 2.57. The van der Waals surface area contributed by atoms with Gasteiger partial charge in [-0.1, -0.05) is 23.7 Å². The fourth-order valence-electron chi connectivity index (χ4n) is 1.63. The number of sulfonamides is 1. The Kier molecular flexibility index (Phi) is 4.56. The molecule has 0 aliphatic rings. The van der Waals surface area contributed by atoms with E-state index < -0.39 is 10.0 Å². The van der Waals surface area contributed by atoms with Crippen molar-refractivity contribution in [1.82, 2.24) is 4.98 Å². The van der Waals surface area contributed by atoms with Gasteiger partial charge in [0.25, 0.3) is 5.91 Å². The van der Waals surface area contributed by atoms with E-state index in [1.54, 1.807) is 30.3 Å². The molecule has 0 aliphatic carbocycles. The second kappa shape index (κ2) is 6.21. The highest BCUT2D eigenvalue weighted by Crippen LogP contribution is 2.13. The Bertz CT molecular complexity index is 743. The number of aromatic nitrogens is 1. The standard InChI is InChI=1S/C13H12ClN3O3S/c14-12-6-3-10(7-16-12)13(18)17-11-4-1-9(2-5-11)8-21(15,19)20/h1-7H,8H2,(H,17,18)(H2,15,19,20). The molecule has 6 nitrogen and oxygen atoms in total. The van der Waals surface area contributed by atoms with Crippen molar-refractivity contribution in [3.8, 4) is 0 Å². The topological polar surface area (TPSA) is 102 Å². The molecule has 0 atom stereocenters. The van der Waals surface area contributed by atoms with Gasteiger partial charge in [-0.3, -0.25) is 4.79 Å². The predicted molar refractivity (Wildman–Crippen MR) is 80.5 cm³/mol. The summed E-state index contributed by atoms with van der Waals surface area (Å²) in [6.07, 6.45) is 1.37. The van der Waals surface area contributed by atoms with Crippen molar-refractivity contribution in [2.24, 2.45) is 5.14 Å². The molecule has 1 heterocycles. The lowest BCUT2D eigenvalue weighted by atomic mass is 10.2. The largest absolute Gasteiger partial charge is 0.322 e. The molecule has 3 N–H and O–H groups in total. The van der Waals surface area contributed by atoms with E-state index in [-0.39, 0.29) is 11.7 Å². The normalized spacial score (nSPS) is 11.1. The van der Waals surface area contributed by atoms with Gasteiger partial charge in [0, 0.05) is 11.9 Å². The first-order valence-electron chi connectivity index (χ1n) is 5.86. The Morgan fingerprint density at radius 3 is 2.38 bits per heavy atom. The molecule has 1 aromatic heterocycles. The number of hydrogen-bond donors (Lipinski definition) is 2. The van der Waals surface area contributed by atoms with Crippen molar-refractivity contribution in [3.63, 3.8) is 0 Å². The Labute approximate surface area is 127 Å². The van der Waals surface area contributed by atoms with Gasteiger partial charge < -0.3 is 5.32 Å². The first-order chi connectivity index (χ1) is 9.83. The molecule has 0 fully saturated rings. The molecule has 2 rings (SSSR count). The van der Waals surface area contributed by atoms with Gasteiger partial charge in [-0.15, -0.1) is 0 Å². The van der Waals surface area contributed by atoms with Crippen LogP contribution in [0.25, 0.3) is 0 Å². The Balaban J connectivity index is 2.06. The molecule has 2 aromatic rings. The molecular formula is C13H12ClN3O3S. The number of benzene rings is 1. The number of rotatable bonds is 4. The van der Waals surface area contributed by atoms with Crippen molar-refractivity contribution in [1.29, 1.82) is 0 Å². The van der Waals surface area contributed by atoms with E-state index in [1.807, 2.05) is 0 Å². The molecule has 0 radical (unpaired) electrons. The third kappa shape index (κ3) is 4.82. The van der Waals surface area contributed by atoms with Crippen molar-refractivity contribution < 1.29 is 13.2 Å². The van der Waals surface area contributed by atoms with Crippen LogP contribution in [0, 0.1) is 0 Å². The number of primary sulfonamides is 1. The number of pyridine rings is 1. The summed E-state index contributed by atoms with van der Waals surface area (Å²) in [6, 6.07) is 9.44. The SMILES string of the molecule is NS(=O)(=O)Cc1ccc(NC(=O)c2ccc(Cl)nc2)cc1. The number of amides is 1. The average Bonchev–Trinajstić information content (AvgIpc) is 2.40. The summed E-state index contributed by atoms with van der Waals surface area (Å²) < 4.78 is 21.9. The Morgan fingerprint density at radius 1 is 1.19 bits per heavy atom. The number of carbonyl (C=O) groups is 1. The highest BCUT2D eigenvalue weighted by molar-refractivity contribution is 7.88. The van der Waals surface area contributed by atoms with Crippen molar-refractivity contribution in [2.45, 2.75) is 5.75 Å². The zero-order valence-electron chi connectivity index (χ0n) is 10.8. The van der Waals surface area contributed by atoms with Gasteiger partial charge >= 0.3 is 0 Å². The lowest BCUT2D eigenvalue weighted by molar-refractivity contribution is 0.102. The molecule has 1 amide bonds. The molecule has 0 spiro atoms. The van der Waals surface area contributed by atoms with E-state index in [4.69, 9.17) is 16.7 Å². The average molecular weight is 326 g/mol. The summed E-state index contributed by atoms with van der Waals surface area (Å²) in [5.74, 6) is -0.583. The van der Waals surface area contributed by atoms with E-state index in [0.717, 1.165) is 0 Å². The second-order valence-electron chi connectivity index (χ2n) is 4.33. The van der Waals surface area contributed by atoms with Gasteiger partial charge in [-0.2, -0.15) is 0 Å². The van der Waals surface area contributed by atoms with E-state index >= 15 is 0 Å². The number of nitrogens with zero attached hydrogens (tertiary/aromatic N) is 1. The van der Waals surface area contributed by atoms with Gasteiger partial charge in [-0.05, 0) is 29.8 Å². The molecule has 0 unspecified atom stereocenters. The van der Waals surface area contributed by atoms with Crippen LogP contribution >= 0.6 is 11.6 Å². The minimum absolute atomic E-state index is 0.248.